The quantitative estimate of drug-likeness (QED) is 0.463. The molecule has 6 heteroatoms. The third-order valence-electron chi connectivity index (χ3n) is 3.63. The molecule has 1 aromatic heterocycles. The Morgan fingerprint density at radius 2 is 1.93 bits per heavy atom. The van der Waals surface area contributed by atoms with Crippen LogP contribution in [0.5, 0.6) is 11.5 Å². The Morgan fingerprint density at radius 3 is 2.67 bits per heavy atom. The van der Waals surface area contributed by atoms with Crippen LogP contribution in [-0.4, -0.2) is 18.7 Å². The number of ether oxygens (including phenoxy) is 2. The van der Waals surface area contributed by atoms with E-state index in [1.807, 2.05) is 66.9 Å². The van der Waals surface area contributed by atoms with Crippen LogP contribution < -0.4 is 14.9 Å². The van der Waals surface area contributed by atoms with E-state index in [9.17, 15) is 4.79 Å². The third kappa shape index (κ3) is 5.43. The van der Waals surface area contributed by atoms with Gasteiger partial charge in [0.1, 0.15) is 6.61 Å². The molecule has 0 spiro atoms. The molecule has 27 heavy (non-hydrogen) atoms. The summed E-state index contributed by atoms with van der Waals surface area (Å²) in [4.78, 5) is 12.5. The molecule has 3 rings (SSSR count). The Labute approximate surface area is 162 Å². The molecule has 3 aromatic rings. The van der Waals surface area contributed by atoms with Crippen LogP contribution >= 0.6 is 11.3 Å². The standard InChI is InChI=1S/C21H20N2O3S/c1-2-25-19-13-17(14-22-23-21(24)20-9-6-12-27-20)10-11-18(19)26-15-16-7-4-3-5-8-16/h3-14H,2,15H2,1H3,(H,23,24)/b22-14+. The van der Waals surface area contributed by atoms with E-state index in [0.717, 1.165) is 11.1 Å². The third-order valence-corrected chi connectivity index (χ3v) is 4.50. The van der Waals surface area contributed by atoms with Crippen molar-refractivity contribution in [2.75, 3.05) is 6.61 Å². The largest absolute Gasteiger partial charge is 0.490 e. The van der Waals surface area contributed by atoms with Crippen molar-refractivity contribution in [3.05, 3.63) is 82.0 Å². The smallest absolute Gasteiger partial charge is 0.281 e. The van der Waals surface area contributed by atoms with Gasteiger partial charge in [0, 0.05) is 0 Å². The zero-order chi connectivity index (χ0) is 18.9. The first-order valence-electron chi connectivity index (χ1n) is 8.56. The van der Waals surface area contributed by atoms with Gasteiger partial charge < -0.3 is 9.47 Å². The van der Waals surface area contributed by atoms with E-state index < -0.39 is 0 Å². The highest BCUT2D eigenvalue weighted by Crippen LogP contribution is 2.28. The molecule has 0 aliphatic rings. The summed E-state index contributed by atoms with van der Waals surface area (Å²) in [7, 11) is 0. The summed E-state index contributed by atoms with van der Waals surface area (Å²) >= 11 is 1.37. The Kier molecular flexibility index (Phi) is 6.60. The second-order valence-electron chi connectivity index (χ2n) is 5.59. The number of amides is 1. The molecule has 138 valence electrons. The first-order valence-corrected chi connectivity index (χ1v) is 9.44. The number of hydrazone groups is 1. The van der Waals surface area contributed by atoms with E-state index in [1.165, 1.54) is 11.3 Å². The highest BCUT2D eigenvalue weighted by atomic mass is 32.1. The predicted molar refractivity (Wildman–Crippen MR) is 108 cm³/mol. The first-order chi connectivity index (χ1) is 13.3. The van der Waals surface area contributed by atoms with Crippen LogP contribution in [0.1, 0.15) is 27.7 Å². The fourth-order valence-electron chi connectivity index (χ4n) is 2.36. The maximum absolute atomic E-state index is 11.9. The van der Waals surface area contributed by atoms with Gasteiger partial charge in [-0.25, -0.2) is 5.43 Å². The van der Waals surface area contributed by atoms with Crippen LogP contribution in [0, 0.1) is 0 Å². The zero-order valence-electron chi connectivity index (χ0n) is 14.9. The van der Waals surface area contributed by atoms with E-state index in [1.54, 1.807) is 12.3 Å². The molecule has 2 aromatic carbocycles. The Balaban J connectivity index is 1.65. The molecule has 1 N–H and O–H groups in total. The minimum absolute atomic E-state index is 0.228. The van der Waals surface area contributed by atoms with E-state index >= 15 is 0 Å². The van der Waals surface area contributed by atoms with Crippen molar-refractivity contribution >= 4 is 23.5 Å². The average molecular weight is 380 g/mol. The summed E-state index contributed by atoms with van der Waals surface area (Å²) in [6, 6.07) is 19.1. The summed E-state index contributed by atoms with van der Waals surface area (Å²) in [6.45, 7) is 2.91. The molecule has 0 unspecified atom stereocenters. The van der Waals surface area contributed by atoms with Crippen LogP contribution in [0.4, 0.5) is 0 Å². The van der Waals surface area contributed by atoms with Crippen molar-refractivity contribution in [2.24, 2.45) is 5.10 Å². The number of carbonyl (C=O) groups excluding carboxylic acids is 1. The monoisotopic (exact) mass is 380 g/mol. The molecule has 0 atom stereocenters. The Hall–Kier alpha value is -3.12. The topological polar surface area (TPSA) is 59.9 Å². The number of rotatable bonds is 8. The lowest BCUT2D eigenvalue weighted by Gasteiger charge is -2.12. The molecule has 0 bridgehead atoms. The Morgan fingerprint density at radius 1 is 1.07 bits per heavy atom. The summed E-state index contributed by atoms with van der Waals surface area (Å²) in [5.41, 5.74) is 4.40. The normalized spacial score (nSPS) is 10.7. The fraction of sp³-hybridized carbons (Fsp3) is 0.143. The van der Waals surface area contributed by atoms with Crippen molar-refractivity contribution in [1.29, 1.82) is 0 Å². The number of nitrogens with zero attached hydrogens (tertiary/aromatic N) is 1. The Bertz CT molecular complexity index is 893. The highest BCUT2D eigenvalue weighted by Gasteiger charge is 2.07. The molecule has 1 heterocycles. The molecule has 0 aliphatic heterocycles. The number of hydrogen-bond donors (Lipinski definition) is 1. The van der Waals surface area contributed by atoms with Gasteiger partial charge in [-0.1, -0.05) is 36.4 Å². The van der Waals surface area contributed by atoms with Crippen molar-refractivity contribution in [3.8, 4) is 11.5 Å². The molecule has 1 amide bonds. The average Bonchev–Trinajstić information content (AvgIpc) is 3.23. The van der Waals surface area contributed by atoms with Gasteiger partial charge in [-0.05, 0) is 47.7 Å². The molecular formula is C21H20N2O3S. The van der Waals surface area contributed by atoms with Crippen LogP contribution in [0.15, 0.2) is 71.1 Å². The zero-order valence-corrected chi connectivity index (χ0v) is 15.7. The summed E-state index contributed by atoms with van der Waals surface area (Å²) in [5.74, 6) is 1.08. The maximum atomic E-state index is 11.9. The van der Waals surface area contributed by atoms with E-state index in [-0.39, 0.29) is 5.91 Å². The molecular weight excluding hydrogens is 360 g/mol. The van der Waals surface area contributed by atoms with Crippen LogP contribution in [-0.2, 0) is 6.61 Å². The SMILES string of the molecule is CCOc1cc(/C=N/NC(=O)c2cccs2)ccc1OCc1ccccc1. The molecule has 0 fully saturated rings. The van der Waals surface area contributed by atoms with Crippen molar-refractivity contribution in [3.63, 3.8) is 0 Å². The lowest BCUT2D eigenvalue weighted by atomic mass is 10.2. The number of hydrogen-bond acceptors (Lipinski definition) is 5. The highest BCUT2D eigenvalue weighted by molar-refractivity contribution is 7.12. The van der Waals surface area contributed by atoms with Gasteiger partial charge in [0.15, 0.2) is 11.5 Å². The molecule has 5 nitrogen and oxygen atoms in total. The summed E-state index contributed by atoms with van der Waals surface area (Å²) in [5, 5.41) is 5.86. The number of nitrogens with one attached hydrogen (secondary N) is 1. The van der Waals surface area contributed by atoms with Gasteiger partial charge in [-0.3, -0.25) is 4.79 Å². The number of carbonyl (C=O) groups is 1. The van der Waals surface area contributed by atoms with Crippen LogP contribution in [0.3, 0.4) is 0 Å². The van der Waals surface area contributed by atoms with Crippen molar-refractivity contribution in [2.45, 2.75) is 13.5 Å². The lowest BCUT2D eigenvalue weighted by Crippen LogP contribution is -2.16. The lowest BCUT2D eigenvalue weighted by molar-refractivity contribution is 0.0959. The minimum Gasteiger partial charge on any atom is -0.490 e. The first kappa shape index (κ1) is 18.7. The van der Waals surface area contributed by atoms with Gasteiger partial charge in [0.2, 0.25) is 0 Å². The number of thiophene rings is 1. The predicted octanol–water partition coefficient (Wildman–Crippen LogP) is 4.49. The van der Waals surface area contributed by atoms with Crippen molar-refractivity contribution < 1.29 is 14.3 Å². The second kappa shape index (κ2) is 9.54. The van der Waals surface area contributed by atoms with Gasteiger partial charge in [0.25, 0.3) is 5.91 Å². The van der Waals surface area contributed by atoms with Crippen LogP contribution in [0.25, 0.3) is 0 Å². The fourth-order valence-corrected chi connectivity index (χ4v) is 2.97. The number of benzene rings is 2. The van der Waals surface area contributed by atoms with Crippen LogP contribution in [0.2, 0.25) is 0 Å². The maximum Gasteiger partial charge on any atom is 0.281 e. The van der Waals surface area contributed by atoms with Gasteiger partial charge >= 0.3 is 0 Å². The van der Waals surface area contributed by atoms with E-state index in [0.29, 0.717) is 29.6 Å². The summed E-state index contributed by atoms with van der Waals surface area (Å²) in [6.07, 6.45) is 1.58. The van der Waals surface area contributed by atoms with E-state index in [4.69, 9.17) is 9.47 Å². The molecule has 0 radical (unpaired) electrons. The molecule has 0 saturated heterocycles. The van der Waals surface area contributed by atoms with Gasteiger partial charge in [0.05, 0.1) is 17.7 Å². The summed E-state index contributed by atoms with van der Waals surface area (Å²) < 4.78 is 11.6. The van der Waals surface area contributed by atoms with E-state index in [2.05, 4.69) is 10.5 Å². The van der Waals surface area contributed by atoms with Gasteiger partial charge in [-0.15, -0.1) is 11.3 Å². The van der Waals surface area contributed by atoms with Gasteiger partial charge in [-0.2, -0.15) is 5.10 Å². The second-order valence-corrected chi connectivity index (χ2v) is 6.54. The molecule has 0 aliphatic carbocycles. The molecule has 0 saturated carbocycles. The van der Waals surface area contributed by atoms with Crippen molar-refractivity contribution in [1.82, 2.24) is 5.43 Å². The minimum atomic E-state index is -0.228.